The summed E-state index contributed by atoms with van der Waals surface area (Å²) in [6.45, 7) is 7.41. The zero-order chi connectivity index (χ0) is 16.2. The maximum Gasteiger partial charge on any atom is 0.167 e. The van der Waals surface area contributed by atoms with Crippen LogP contribution in [0, 0.1) is 31.1 Å². The molecule has 0 unspecified atom stereocenters. The Morgan fingerprint density at radius 2 is 1.83 bits per heavy atom. The van der Waals surface area contributed by atoms with E-state index in [2.05, 4.69) is 26.5 Å². The molecule has 0 spiro atoms. The normalized spacial score (nSPS) is 20.6. The van der Waals surface area contributed by atoms with Crippen molar-refractivity contribution in [2.24, 2.45) is 5.92 Å². The van der Waals surface area contributed by atoms with Crippen molar-refractivity contribution in [3.63, 3.8) is 0 Å². The quantitative estimate of drug-likeness (QED) is 0.925. The Balaban J connectivity index is 1.55. The van der Waals surface area contributed by atoms with E-state index in [1.54, 1.807) is 0 Å². The van der Waals surface area contributed by atoms with Crippen molar-refractivity contribution >= 4 is 5.82 Å². The van der Waals surface area contributed by atoms with Gasteiger partial charge in [0.2, 0.25) is 0 Å². The molecule has 5 nitrogen and oxygen atoms in total. The Morgan fingerprint density at radius 3 is 2.48 bits per heavy atom. The van der Waals surface area contributed by atoms with Crippen LogP contribution in [-0.2, 0) is 0 Å². The molecule has 1 N–H and O–H groups in total. The second-order valence-electron chi connectivity index (χ2n) is 7.12. The van der Waals surface area contributed by atoms with E-state index in [4.69, 9.17) is 0 Å². The van der Waals surface area contributed by atoms with Crippen LogP contribution in [0.25, 0.3) is 0 Å². The molecule has 0 atom stereocenters. The zero-order valence-electron chi connectivity index (χ0n) is 14.3. The van der Waals surface area contributed by atoms with Crippen molar-refractivity contribution in [3.05, 3.63) is 16.8 Å². The first-order chi connectivity index (χ1) is 11.2. The van der Waals surface area contributed by atoms with Gasteiger partial charge < -0.3 is 10.2 Å². The Morgan fingerprint density at radius 1 is 1.13 bits per heavy atom. The van der Waals surface area contributed by atoms with Gasteiger partial charge in [-0.1, -0.05) is 12.8 Å². The predicted molar refractivity (Wildman–Crippen MR) is 91.3 cm³/mol. The van der Waals surface area contributed by atoms with Gasteiger partial charge in [-0.3, -0.25) is 0 Å². The molecule has 0 radical (unpaired) electrons. The van der Waals surface area contributed by atoms with Gasteiger partial charge in [0.25, 0.3) is 0 Å². The van der Waals surface area contributed by atoms with E-state index in [1.807, 2.05) is 13.8 Å². The molecule has 1 aromatic heterocycles. The number of aromatic nitrogens is 2. The Labute approximate surface area is 139 Å². The molecule has 2 aliphatic rings. The highest BCUT2D eigenvalue weighted by atomic mass is 15.2. The van der Waals surface area contributed by atoms with Crippen molar-refractivity contribution in [1.82, 2.24) is 15.1 Å². The number of nitrogens with one attached hydrogen (secondary N) is 1. The minimum atomic E-state index is 0.401. The number of likely N-dealkylation sites (tertiary alicyclic amines) is 1. The number of nitrogens with zero attached hydrogens (tertiary/aromatic N) is 4. The summed E-state index contributed by atoms with van der Waals surface area (Å²) in [6, 6.07) is 2.68. The summed E-state index contributed by atoms with van der Waals surface area (Å²) in [4.78, 5) is 2.62. The maximum atomic E-state index is 9.39. The highest BCUT2D eigenvalue weighted by molar-refractivity contribution is 5.56. The van der Waals surface area contributed by atoms with Crippen molar-refractivity contribution in [3.8, 4) is 6.07 Å². The lowest BCUT2D eigenvalue weighted by atomic mass is 10.0. The number of hydrogen-bond acceptors (Lipinski definition) is 5. The summed E-state index contributed by atoms with van der Waals surface area (Å²) in [6.07, 6.45) is 7.92. The van der Waals surface area contributed by atoms with Crippen LogP contribution in [0.3, 0.4) is 0 Å². The van der Waals surface area contributed by atoms with E-state index >= 15 is 0 Å². The molecule has 2 heterocycles. The number of piperidine rings is 1. The summed E-state index contributed by atoms with van der Waals surface area (Å²) >= 11 is 0. The molecule has 2 fully saturated rings. The topological polar surface area (TPSA) is 64.8 Å². The van der Waals surface area contributed by atoms with Gasteiger partial charge in [0.15, 0.2) is 5.82 Å². The summed E-state index contributed by atoms with van der Waals surface area (Å²) in [7, 11) is 0. The fraction of sp³-hybridized carbons (Fsp3) is 0.722. The van der Waals surface area contributed by atoms with Gasteiger partial charge in [0.1, 0.15) is 11.6 Å². The maximum absolute atomic E-state index is 9.39. The molecule has 1 saturated heterocycles. The van der Waals surface area contributed by atoms with E-state index in [9.17, 15) is 5.26 Å². The van der Waals surface area contributed by atoms with Crippen LogP contribution in [0.5, 0.6) is 0 Å². The molecule has 0 amide bonds. The van der Waals surface area contributed by atoms with Gasteiger partial charge in [-0.05, 0) is 51.0 Å². The first-order valence-electron chi connectivity index (χ1n) is 8.90. The highest BCUT2D eigenvalue weighted by Gasteiger charge is 2.24. The molecule has 0 aromatic carbocycles. The highest BCUT2D eigenvalue weighted by Crippen LogP contribution is 2.27. The average molecular weight is 313 g/mol. The van der Waals surface area contributed by atoms with Gasteiger partial charge in [-0.15, -0.1) is 5.10 Å². The third kappa shape index (κ3) is 3.81. The monoisotopic (exact) mass is 313 g/mol. The van der Waals surface area contributed by atoms with Gasteiger partial charge >= 0.3 is 0 Å². The van der Waals surface area contributed by atoms with Crippen LogP contribution >= 0.6 is 0 Å². The van der Waals surface area contributed by atoms with E-state index in [1.165, 1.54) is 32.2 Å². The minimum Gasteiger partial charge on any atom is -0.365 e. The van der Waals surface area contributed by atoms with Crippen LogP contribution in [-0.4, -0.2) is 40.8 Å². The number of rotatable bonds is 4. The van der Waals surface area contributed by atoms with Gasteiger partial charge in [-0.25, -0.2) is 0 Å². The molecule has 124 valence electrons. The molecular weight excluding hydrogens is 286 g/mol. The smallest absolute Gasteiger partial charge is 0.167 e. The minimum absolute atomic E-state index is 0.401. The van der Waals surface area contributed by atoms with Crippen LogP contribution < -0.4 is 5.32 Å². The molecule has 5 heteroatoms. The third-order valence-electron chi connectivity index (χ3n) is 5.49. The van der Waals surface area contributed by atoms with Crippen molar-refractivity contribution < 1.29 is 0 Å². The van der Waals surface area contributed by atoms with E-state index < -0.39 is 0 Å². The standard InChI is InChI=1S/C18H27N5/c1-13-14(2)21-22-18(17(13)11-19)20-16-7-9-23(10-8-16)12-15-5-3-4-6-15/h15-16H,3-10,12H2,1-2H3,(H,20,22). The fourth-order valence-corrected chi connectivity index (χ4v) is 3.86. The lowest BCUT2D eigenvalue weighted by Gasteiger charge is -2.34. The van der Waals surface area contributed by atoms with E-state index in [0.29, 0.717) is 17.4 Å². The summed E-state index contributed by atoms with van der Waals surface area (Å²) in [5, 5.41) is 21.2. The molecule has 1 aliphatic carbocycles. The Bertz CT molecular complexity index is 578. The zero-order valence-corrected chi connectivity index (χ0v) is 14.3. The molecular formula is C18H27N5. The van der Waals surface area contributed by atoms with Crippen LogP contribution in [0.4, 0.5) is 5.82 Å². The SMILES string of the molecule is Cc1nnc(NC2CCN(CC3CCCC3)CC2)c(C#N)c1C. The van der Waals surface area contributed by atoms with Crippen molar-refractivity contribution in [2.45, 2.75) is 58.4 Å². The molecule has 23 heavy (non-hydrogen) atoms. The second kappa shape index (κ2) is 7.27. The summed E-state index contributed by atoms with van der Waals surface area (Å²) < 4.78 is 0. The summed E-state index contributed by atoms with van der Waals surface area (Å²) in [5.41, 5.74) is 2.41. The van der Waals surface area contributed by atoms with E-state index in [-0.39, 0.29) is 0 Å². The predicted octanol–water partition coefficient (Wildman–Crippen LogP) is 3.03. The first kappa shape index (κ1) is 16.2. The molecule has 3 rings (SSSR count). The molecule has 1 saturated carbocycles. The van der Waals surface area contributed by atoms with Crippen molar-refractivity contribution in [1.29, 1.82) is 5.26 Å². The average Bonchev–Trinajstić information content (AvgIpc) is 3.06. The lowest BCUT2D eigenvalue weighted by molar-refractivity contribution is 0.189. The Hall–Kier alpha value is -1.67. The fourth-order valence-electron chi connectivity index (χ4n) is 3.86. The number of anilines is 1. The summed E-state index contributed by atoms with van der Waals surface area (Å²) in [5.74, 6) is 1.58. The molecule has 1 aliphatic heterocycles. The largest absolute Gasteiger partial charge is 0.365 e. The number of hydrogen-bond donors (Lipinski definition) is 1. The third-order valence-corrected chi connectivity index (χ3v) is 5.49. The Kier molecular flexibility index (Phi) is 5.12. The van der Waals surface area contributed by atoms with Gasteiger partial charge in [0, 0.05) is 25.7 Å². The molecule has 1 aromatic rings. The van der Waals surface area contributed by atoms with Crippen LogP contribution in [0.2, 0.25) is 0 Å². The van der Waals surface area contributed by atoms with E-state index in [0.717, 1.165) is 43.1 Å². The molecule has 0 bridgehead atoms. The number of aryl methyl sites for hydroxylation is 1. The van der Waals surface area contributed by atoms with Gasteiger partial charge in [-0.2, -0.15) is 10.4 Å². The second-order valence-corrected chi connectivity index (χ2v) is 7.12. The first-order valence-corrected chi connectivity index (χ1v) is 8.90. The van der Waals surface area contributed by atoms with Crippen LogP contribution in [0.15, 0.2) is 0 Å². The van der Waals surface area contributed by atoms with Crippen LogP contribution in [0.1, 0.15) is 55.3 Å². The van der Waals surface area contributed by atoms with Crippen molar-refractivity contribution in [2.75, 3.05) is 25.0 Å². The number of nitriles is 1. The van der Waals surface area contributed by atoms with Gasteiger partial charge in [0.05, 0.1) is 5.69 Å². The lowest BCUT2D eigenvalue weighted by Crippen LogP contribution is -2.41.